The molecule has 16 heavy (non-hydrogen) atoms. The zero-order chi connectivity index (χ0) is 11.5. The van der Waals surface area contributed by atoms with E-state index in [2.05, 4.69) is 15.0 Å². The molecule has 0 N–H and O–H groups in total. The van der Waals surface area contributed by atoms with Crippen molar-refractivity contribution in [2.75, 3.05) is 0 Å². The smallest absolute Gasteiger partial charge is 0.358 e. The predicted molar refractivity (Wildman–Crippen MR) is 56.0 cm³/mol. The molecular formula is C8H7N5O2S. The van der Waals surface area contributed by atoms with Crippen LogP contribution in [-0.4, -0.2) is 24.4 Å². The van der Waals surface area contributed by atoms with Gasteiger partial charge in [0.15, 0.2) is 5.03 Å². The van der Waals surface area contributed by atoms with E-state index >= 15 is 0 Å². The first-order valence-corrected chi connectivity index (χ1v) is 5.09. The molecule has 0 saturated carbocycles. The molecule has 0 aliphatic rings. The quantitative estimate of drug-likeness (QED) is 0.454. The summed E-state index contributed by atoms with van der Waals surface area (Å²) in [5.41, 5.74) is 0. The topological polar surface area (TPSA) is 86.7 Å². The molecule has 2 rings (SSSR count). The van der Waals surface area contributed by atoms with Crippen LogP contribution in [-0.2, 0) is 7.05 Å². The van der Waals surface area contributed by atoms with Crippen molar-refractivity contribution < 1.29 is 4.92 Å². The SMILES string of the molecule is Cn1cnc([N+](=O)[O-])c1Sc1ccncn1. The van der Waals surface area contributed by atoms with Gasteiger partial charge in [-0.15, -0.1) is 0 Å². The van der Waals surface area contributed by atoms with E-state index in [4.69, 9.17) is 0 Å². The maximum absolute atomic E-state index is 10.7. The largest absolute Gasteiger partial charge is 0.396 e. The van der Waals surface area contributed by atoms with Crippen molar-refractivity contribution in [3.05, 3.63) is 35.0 Å². The normalized spacial score (nSPS) is 10.3. The van der Waals surface area contributed by atoms with Crippen LogP contribution in [0.25, 0.3) is 0 Å². The lowest BCUT2D eigenvalue weighted by Crippen LogP contribution is -1.94. The van der Waals surface area contributed by atoms with Gasteiger partial charge in [0.1, 0.15) is 11.4 Å². The van der Waals surface area contributed by atoms with Gasteiger partial charge in [-0.05, 0) is 27.7 Å². The minimum Gasteiger partial charge on any atom is -0.358 e. The summed E-state index contributed by atoms with van der Waals surface area (Å²) in [6.07, 6.45) is 4.38. The third-order valence-corrected chi connectivity index (χ3v) is 2.91. The van der Waals surface area contributed by atoms with Crippen molar-refractivity contribution in [2.24, 2.45) is 7.05 Å². The third-order valence-electron chi connectivity index (χ3n) is 1.79. The minimum absolute atomic E-state index is 0.161. The molecule has 0 spiro atoms. The lowest BCUT2D eigenvalue weighted by Gasteiger charge is -1.99. The van der Waals surface area contributed by atoms with Crippen molar-refractivity contribution in [3.63, 3.8) is 0 Å². The van der Waals surface area contributed by atoms with Gasteiger partial charge >= 0.3 is 5.82 Å². The highest BCUT2D eigenvalue weighted by molar-refractivity contribution is 7.99. The van der Waals surface area contributed by atoms with E-state index in [-0.39, 0.29) is 5.82 Å². The van der Waals surface area contributed by atoms with Crippen LogP contribution < -0.4 is 0 Å². The van der Waals surface area contributed by atoms with Gasteiger partial charge < -0.3 is 14.7 Å². The van der Waals surface area contributed by atoms with Crippen LogP contribution in [0.5, 0.6) is 0 Å². The lowest BCUT2D eigenvalue weighted by molar-refractivity contribution is -0.392. The van der Waals surface area contributed by atoms with Crippen molar-refractivity contribution in [1.29, 1.82) is 0 Å². The molecule has 0 bridgehead atoms. The number of nitro groups is 1. The second-order valence-corrected chi connectivity index (χ2v) is 3.90. The molecule has 2 aromatic rings. The molecule has 0 unspecified atom stereocenters. The van der Waals surface area contributed by atoms with Crippen molar-refractivity contribution >= 4 is 17.6 Å². The first-order valence-electron chi connectivity index (χ1n) is 4.28. The van der Waals surface area contributed by atoms with Crippen LogP contribution in [0.15, 0.2) is 35.0 Å². The van der Waals surface area contributed by atoms with Crippen molar-refractivity contribution in [2.45, 2.75) is 10.1 Å². The lowest BCUT2D eigenvalue weighted by atomic mass is 10.7. The molecule has 0 saturated heterocycles. The molecule has 0 atom stereocenters. The summed E-state index contributed by atoms with van der Waals surface area (Å²) in [5, 5.41) is 11.8. The van der Waals surface area contributed by atoms with Crippen LogP contribution in [0, 0.1) is 10.1 Å². The second-order valence-electron chi connectivity index (χ2n) is 2.89. The molecule has 0 fully saturated rings. The summed E-state index contributed by atoms with van der Waals surface area (Å²) in [7, 11) is 1.70. The molecule has 0 aliphatic heterocycles. The highest BCUT2D eigenvalue weighted by Crippen LogP contribution is 2.31. The number of aryl methyl sites for hydroxylation is 1. The van der Waals surface area contributed by atoms with E-state index in [0.29, 0.717) is 10.1 Å². The molecule has 2 aromatic heterocycles. The van der Waals surface area contributed by atoms with E-state index in [1.165, 1.54) is 24.4 Å². The predicted octanol–water partition coefficient (Wildman–Crippen LogP) is 1.27. The summed E-state index contributed by atoms with van der Waals surface area (Å²) in [6.45, 7) is 0. The highest BCUT2D eigenvalue weighted by atomic mass is 32.2. The van der Waals surface area contributed by atoms with Gasteiger partial charge in [-0.2, -0.15) is 0 Å². The summed E-state index contributed by atoms with van der Waals surface area (Å²) < 4.78 is 1.59. The minimum atomic E-state index is -0.510. The van der Waals surface area contributed by atoms with Gasteiger partial charge in [-0.25, -0.2) is 9.97 Å². The van der Waals surface area contributed by atoms with E-state index in [9.17, 15) is 10.1 Å². The number of nitrogens with zero attached hydrogens (tertiary/aromatic N) is 5. The molecule has 2 heterocycles. The van der Waals surface area contributed by atoms with Crippen LogP contribution in [0.3, 0.4) is 0 Å². The maximum Gasteiger partial charge on any atom is 0.396 e. The molecule has 7 nitrogen and oxygen atoms in total. The Morgan fingerprint density at radius 1 is 1.50 bits per heavy atom. The maximum atomic E-state index is 10.7. The summed E-state index contributed by atoms with van der Waals surface area (Å²) in [5.74, 6) is -0.161. The Morgan fingerprint density at radius 3 is 2.94 bits per heavy atom. The summed E-state index contributed by atoms with van der Waals surface area (Å²) >= 11 is 1.18. The van der Waals surface area contributed by atoms with Gasteiger partial charge in [0.25, 0.3) is 0 Å². The first-order chi connectivity index (χ1) is 7.68. The fourth-order valence-electron chi connectivity index (χ4n) is 1.09. The Kier molecular flexibility index (Phi) is 2.82. The van der Waals surface area contributed by atoms with Gasteiger partial charge in [0, 0.05) is 13.2 Å². The van der Waals surface area contributed by atoms with Gasteiger partial charge in [-0.3, -0.25) is 0 Å². The van der Waals surface area contributed by atoms with Crippen molar-refractivity contribution in [1.82, 2.24) is 19.5 Å². The number of aromatic nitrogens is 4. The van der Waals surface area contributed by atoms with Crippen molar-refractivity contribution in [3.8, 4) is 0 Å². The fraction of sp³-hybridized carbons (Fsp3) is 0.125. The van der Waals surface area contributed by atoms with Crippen LogP contribution in [0.2, 0.25) is 0 Å². The Labute approximate surface area is 94.7 Å². The van der Waals surface area contributed by atoms with Crippen LogP contribution in [0.1, 0.15) is 0 Å². The Hall–Kier alpha value is -1.96. The first kappa shape index (κ1) is 10.6. The molecule has 0 aromatic carbocycles. The number of hydrogen-bond donors (Lipinski definition) is 0. The second kappa shape index (κ2) is 4.27. The van der Waals surface area contributed by atoms with Crippen LogP contribution >= 0.6 is 11.8 Å². The van der Waals surface area contributed by atoms with E-state index < -0.39 is 4.92 Å². The molecule has 0 aliphatic carbocycles. The molecular weight excluding hydrogens is 230 g/mol. The molecule has 0 amide bonds. The Morgan fingerprint density at radius 2 is 2.31 bits per heavy atom. The summed E-state index contributed by atoms with van der Waals surface area (Å²) in [6, 6.07) is 1.68. The third kappa shape index (κ3) is 2.01. The highest BCUT2D eigenvalue weighted by Gasteiger charge is 2.21. The number of rotatable bonds is 3. The van der Waals surface area contributed by atoms with Gasteiger partial charge in [-0.1, -0.05) is 0 Å². The Balaban J connectivity index is 2.34. The number of imidazole rings is 1. The zero-order valence-corrected chi connectivity index (χ0v) is 9.09. The van der Waals surface area contributed by atoms with E-state index in [1.807, 2.05) is 0 Å². The van der Waals surface area contributed by atoms with E-state index in [1.54, 1.807) is 23.9 Å². The van der Waals surface area contributed by atoms with Gasteiger partial charge in [0.05, 0.1) is 0 Å². The zero-order valence-electron chi connectivity index (χ0n) is 8.27. The summed E-state index contributed by atoms with van der Waals surface area (Å²) in [4.78, 5) is 21.7. The average Bonchev–Trinajstić information content (AvgIpc) is 2.62. The fourth-order valence-corrected chi connectivity index (χ4v) is 1.92. The number of hydrogen-bond acceptors (Lipinski definition) is 6. The molecule has 0 radical (unpaired) electrons. The monoisotopic (exact) mass is 237 g/mol. The van der Waals surface area contributed by atoms with Crippen LogP contribution in [0.4, 0.5) is 5.82 Å². The standard InChI is InChI=1S/C8H7N5O2S/c1-12-5-11-7(13(14)15)8(12)16-6-2-3-9-4-10-6/h2-5H,1H3. The molecule has 82 valence electrons. The van der Waals surface area contributed by atoms with E-state index in [0.717, 1.165) is 0 Å². The van der Waals surface area contributed by atoms with Gasteiger partial charge in [0.2, 0.25) is 6.33 Å². The Bertz CT molecular complexity index is 512. The molecule has 8 heteroatoms. The average molecular weight is 237 g/mol.